The Bertz CT molecular complexity index is 327. The third-order valence-corrected chi connectivity index (χ3v) is 2.43. The van der Waals surface area contributed by atoms with Gasteiger partial charge in [0.05, 0.1) is 0 Å². The Morgan fingerprint density at radius 2 is 2.20 bits per heavy atom. The molecule has 0 aromatic heterocycles. The van der Waals surface area contributed by atoms with Crippen LogP contribution in [0.15, 0.2) is 28.4 Å². The predicted molar refractivity (Wildman–Crippen MR) is 62.9 cm³/mol. The molecule has 0 saturated heterocycles. The van der Waals surface area contributed by atoms with Crippen LogP contribution in [-0.4, -0.2) is 30.6 Å². The largest absolute Gasteiger partial charge is 0.315 e. The number of nitrogens with zero attached hydrogens (tertiary/aromatic N) is 2. The Morgan fingerprint density at radius 3 is 2.80 bits per heavy atom. The lowest BCUT2D eigenvalue weighted by atomic mass is 10.0. The van der Waals surface area contributed by atoms with E-state index in [9.17, 15) is 4.79 Å². The highest BCUT2D eigenvalue weighted by atomic mass is 16.2. The number of carbonyl (C=O) groups excluding carboxylic acids is 1. The first-order valence-electron chi connectivity index (χ1n) is 5.33. The lowest BCUT2D eigenvalue weighted by Crippen LogP contribution is -2.30. The second-order valence-corrected chi connectivity index (χ2v) is 3.49. The Hall–Kier alpha value is -1.38. The molecule has 0 spiro atoms. The van der Waals surface area contributed by atoms with E-state index in [1.807, 2.05) is 39.3 Å². The van der Waals surface area contributed by atoms with E-state index in [2.05, 4.69) is 4.99 Å². The summed E-state index contributed by atoms with van der Waals surface area (Å²) in [5.74, 6) is 0.178. The Kier molecular flexibility index (Phi) is 4.28. The van der Waals surface area contributed by atoms with Gasteiger partial charge in [-0.05, 0) is 31.9 Å². The van der Waals surface area contributed by atoms with E-state index in [-0.39, 0.29) is 5.91 Å². The van der Waals surface area contributed by atoms with Crippen LogP contribution in [0.4, 0.5) is 0 Å². The third-order valence-electron chi connectivity index (χ3n) is 2.43. The number of aliphatic imine (C=N–C) groups is 1. The summed E-state index contributed by atoms with van der Waals surface area (Å²) in [5, 5.41) is 0. The molecule has 1 heterocycles. The molecular formula is C12H18N2O. The summed E-state index contributed by atoms with van der Waals surface area (Å²) in [6.45, 7) is 4.74. The van der Waals surface area contributed by atoms with Gasteiger partial charge >= 0.3 is 0 Å². The number of amides is 1. The molecule has 0 atom stereocenters. The van der Waals surface area contributed by atoms with Crippen LogP contribution in [0.25, 0.3) is 0 Å². The molecule has 0 aromatic rings. The maximum atomic E-state index is 11.5. The molecule has 1 aliphatic heterocycles. The van der Waals surface area contributed by atoms with Gasteiger partial charge in [0.15, 0.2) is 0 Å². The van der Waals surface area contributed by atoms with Gasteiger partial charge in [-0.15, -0.1) is 0 Å². The number of rotatable bonds is 3. The summed E-state index contributed by atoms with van der Waals surface area (Å²) in [7, 11) is 1.82. The minimum Gasteiger partial charge on any atom is -0.315 e. The summed E-state index contributed by atoms with van der Waals surface area (Å²) in [4.78, 5) is 17.5. The number of hydrogen-bond acceptors (Lipinski definition) is 2. The van der Waals surface area contributed by atoms with Crippen LogP contribution < -0.4 is 0 Å². The van der Waals surface area contributed by atoms with Gasteiger partial charge in [-0.25, -0.2) is 0 Å². The fourth-order valence-corrected chi connectivity index (χ4v) is 1.60. The Morgan fingerprint density at radius 1 is 1.47 bits per heavy atom. The number of carbonyl (C=O) groups is 1. The average Bonchev–Trinajstić information content (AvgIpc) is 2.24. The average molecular weight is 206 g/mol. The zero-order valence-corrected chi connectivity index (χ0v) is 9.66. The molecular weight excluding hydrogens is 188 g/mol. The zero-order valence-electron chi connectivity index (χ0n) is 9.66. The van der Waals surface area contributed by atoms with Crippen molar-refractivity contribution in [3.8, 4) is 0 Å². The third kappa shape index (κ3) is 2.78. The summed E-state index contributed by atoms with van der Waals surface area (Å²) >= 11 is 0. The van der Waals surface area contributed by atoms with Gasteiger partial charge in [0.1, 0.15) is 0 Å². The molecule has 0 bridgehead atoms. The predicted octanol–water partition coefficient (Wildman–Crippen LogP) is 2.16. The van der Waals surface area contributed by atoms with Crippen LogP contribution in [0.3, 0.4) is 0 Å². The van der Waals surface area contributed by atoms with Crippen molar-refractivity contribution in [1.29, 1.82) is 0 Å². The molecule has 0 unspecified atom stereocenters. The Labute approximate surface area is 91.2 Å². The van der Waals surface area contributed by atoms with Crippen LogP contribution in [-0.2, 0) is 4.79 Å². The van der Waals surface area contributed by atoms with Crippen LogP contribution in [0.2, 0.25) is 0 Å². The van der Waals surface area contributed by atoms with Crippen molar-refractivity contribution in [1.82, 2.24) is 4.90 Å². The van der Waals surface area contributed by atoms with Gasteiger partial charge in [-0.1, -0.05) is 6.08 Å². The quantitative estimate of drug-likeness (QED) is 0.651. The fourth-order valence-electron chi connectivity index (χ4n) is 1.60. The molecule has 0 saturated carbocycles. The van der Waals surface area contributed by atoms with Crippen molar-refractivity contribution in [3.05, 3.63) is 23.4 Å². The van der Waals surface area contributed by atoms with Gasteiger partial charge in [-0.2, -0.15) is 0 Å². The lowest BCUT2D eigenvalue weighted by molar-refractivity contribution is -0.128. The van der Waals surface area contributed by atoms with E-state index < -0.39 is 0 Å². The van der Waals surface area contributed by atoms with Crippen LogP contribution >= 0.6 is 0 Å². The first kappa shape index (κ1) is 11.7. The highest BCUT2D eigenvalue weighted by Gasteiger charge is 2.20. The molecule has 1 amide bonds. The smallest absolute Gasteiger partial charge is 0.227 e. The number of allylic oxidation sites excluding steroid dienone is 3. The van der Waals surface area contributed by atoms with Crippen molar-refractivity contribution in [3.63, 3.8) is 0 Å². The van der Waals surface area contributed by atoms with Gasteiger partial charge in [0.25, 0.3) is 0 Å². The number of hydrogen-bond donors (Lipinski definition) is 0. The highest BCUT2D eigenvalue weighted by molar-refractivity contribution is 5.88. The van der Waals surface area contributed by atoms with E-state index in [0.29, 0.717) is 6.42 Å². The summed E-state index contributed by atoms with van der Waals surface area (Å²) in [5.41, 5.74) is 2.13. The van der Waals surface area contributed by atoms with Crippen LogP contribution in [0.5, 0.6) is 0 Å². The first-order valence-corrected chi connectivity index (χ1v) is 5.33. The molecule has 0 aromatic carbocycles. The SMILES string of the molecule is C/C=C\C1=C(C=NCC)CCC(=O)N1C. The molecule has 3 nitrogen and oxygen atoms in total. The molecule has 3 heteroatoms. The highest BCUT2D eigenvalue weighted by Crippen LogP contribution is 2.21. The van der Waals surface area contributed by atoms with Crippen LogP contribution in [0, 0.1) is 0 Å². The summed E-state index contributed by atoms with van der Waals surface area (Å²) in [6, 6.07) is 0. The molecule has 0 radical (unpaired) electrons. The van der Waals surface area contributed by atoms with Crippen molar-refractivity contribution < 1.29 is 4.79 Å². The molecule has 1 aliphatic rings. The zero-order chi connectivity index (χ0) is 11.3. The summed E-state index contributed by atoms with van der Waals surface area (Å²) in [6.07, 6.45) is 7.19. The van der Waals surface area contributed by atoms with Gasteiger partial charge < -0.3 is 4.90 Å². The number of likely N-dealkylation sites (N-methyl/N-ethyl adjacent to an activating group) is 1. The van der Waals surface area contributed by atoms with Crippen molar-refractivity contribution in [2.45, 2.75) is 26.7 Å². The Balaban J connectivity index is 3.03. The standard InChI is InChI=1S/C12H18N2O/c1-4-6-11-10(9-13-5-2)7-8-12(15)14(11)3/h4,6,9H,5,7-8H2,1-3H3/b6-4-,13-9?. The topological polar surface area (TPSA) is 32.7 Å². The van der Waals surface area contributed by atoms with Crippen molar-refractivity contribution in [2.75, 3.05) is 13.6 Å². The van der Waals surface area contributed by atoms with Gasteiger partial charge in [-0.3, -0.25) is 9.79 Å². The molecule has 1 rings (SSSR count). The first-order chi connectivity index (χ1) is 7.20. The van der Waals surface area contributed by atoms with Crippen molar-refractivity contribution >= 4 is 12.1 Å². The van der Waals surface area contributed by atoms with E-state index >= 15 is 0 Å². The normalized spacial score (nSPS) is 18.6. The van der Waals surface area contributed by atoms with Gasteiger partial charge in [0.2, 0.25) is 5.91 Å². The maximum Gasteiger partial charge on any atom is 0.227 e. The van der Waals surface area contributed by atoms with E-state index in [1.54, 1.807) is 4.90 Å². The lowest BCUT2D eigenvalue weighted by Gasteiger charge is -2.25. The van der Waals surface area contributed by atoms with E-state index in [4.69, 9.17) is 0 Å². The molecule has 82 valence electrons. The second-order valence-electron chi connectivity index (χ2n) is 3.49. The summed E-state index contributed by atoms with van der Waals surface area (Å²) < 4.78 is 0. The molecule has 0 aliphatic carbocycles. The fraction of sp³-hybridized carbons (Fsp3) is 0.500. The molecule has 0 N–H and O–H groups in total. The van der Waals surface area contributed by atoms with Gasteiger partial charge in [0, 0.05) is 31.9 Å². The minimum absolute atomic E-state index is 0.178. The second kappa shape index (κ2) is 5.49. The van der Waals surface area contributed by atoms with Crippen LogP contribution in [0.1, 0.15) is 26.7 Å². The minimum atomic E-state index is 0.178. The van der Waals surface area contributed by atoms with E-state index in [0.717, 1.165) is 24.2 Å². The van der Waals surface area contributed by atoms with Crippen molar-refractivity contribution in [2.24, 2.45) is 4.99 Å². The molecule has 15 heavy (non-hydrogen) atoms. The molecule has 0 fully saturated rings. The van der Waals surface area contributed by atoms with E-state index in [1.165, 1.54) is 0 Å². The maximum absolute atomic E-state index is 11.5. The monoisotopic (exact) mass is 206 g/mol.